The molecule has 2 atom stereocenters. The lowest BCUT2D eigenvalue weighted by Gasteiger charge is -2.11. The van der Waals surface area contributed by atoms with E-state index in [1.165, 1.54) is 5.56 Å². The van der Waals surface area contributed by atoms with E-state index in [2.05, 4.69) is 42.0 Å². The van der Waals surface area contributed by atoms with Crippen molar-refractivity contribution >= 4 is 11.0 Å². The molecule has 0 bridgehead atoms. The summed E-state index contributed by atoms with van der Waals surface area (Å²) >= 11 is 0. The van der Waals surface area contributed by atoms with E-state index in [9.17, 15) is 0 Å². The SMILES string of the molecule is CCc1ccc2nc(C(C)C(C)N)[nH]c2c1. The van der Waals surface area contributed by atoms with Crippen molar-refractivity contribution in [3.63, 3.8) is 0 Å². The van der Waals surface area contributed by atoms with Gasteiger partial charge in [0.25, 0.3) is 0 Å². The number of imidazole rings is 1. The maximum absolute atomic E-state index is 5.89. The number of nitrogens with one attached hydrogen (secondary N) is 1. The molecule has 0 fully saturated rings. The first-order chi connectivity index (χ1) is 7.61. The van der Waals surface area contributed by atoms with Crippen LogP contribution in [0.25, 0.3) is 11.0 Å². The van der Waals surface area contributed by atoms with Crippen LogP contribution >= 0.6 is 0 Å². The van der Waals surface area contributed by atoms with E-state index in [1.807, 2.05) is 6.92 Å². The highest BCUT2D eigenvalue weighted by atomic mass is 14.9. The van der Waals surface area contributed by atoms with Gasteiger partial charge < -0.3 is 10.7 Å². The molecule has 1 aromatic carbocycles. The minimum absolute atomic E-state index is 0.117. The molecule has 1 aromatic heterocycles. The van der Waals surface area contributed by atoms with Crippen molar-refractivity contribution in [3.8, 4) is 0 Å². The fraction of sp³-hybridized carbons (Fsp3) is 0.462. The van der Waals surface area contributed by atoms with Crippen LogP contribution in [0.15, 0.2) is 18.2 Å². The smallest absolute Gasteiger partial charge is 0.111 e. The van der Waals surface area contributed by atoms with Gasteiger partial charge in [0.1, 0.15) is 5.82 Å². The topological polar surface area (TPSA) is 54.7 Å². The Morgan fingerprint density at radius 2 is 2.12 bits per heavy atom. The van der Waals surface area contributed by atoms with Crippen LogP contribution in [0.2, 0.25) is 0 Å². The Morgan fingerprint density at radius 3 is 2.75 bits per heavy atom. The Bertz CT molecular complexity index is 485. The van der Waals surface area contributed by atoms with Crippen molar-refractivity contribution in [3.05, 3.63) is 29.6 Å². The van der Waals surface area contributed by atoms with E-state index in [1.54, 1.807) is 0 Å². The van der Waals surface area contributed by atoms with E-state index in [-0.39, 0.29) is 12.0 Å². The fourth-order valence-corrected chi connectivity index (χ4v) is 1.76. The molecule has 0 saturated heterocycles. The predicted molar refractivity (Wildman–Crippen MR) is 67.5 cm³/mol. The van der Waals surface area contributed by atoms with Crippen molar-refractivity contribution < 1.29 is 0 Å². The molecule has 0 aliphatic carbocycles. The third-order valence-electron chi connectivity index (χ3n) is 3.19. The lowest BCUT2D eigenvalue weighted by Crippen LogP contribution is -2.23. The van der Waals surface area contributed by atoms with Gasteiger partial charge in [0.2, 0.25) is 0 Å². The molecule has 0 amide bonds. The first-order valence-electron chi connectivity index (χ1n) is 5.86. The molecule has 3 heteroatoms. The van der Waals surface area contributed by atoms with E-state index >= 15 is 0 Å². The minimum Gasteiger partial charge on any atom is -0.342 e. The Labute approximate surface area is 96.1 Å². The lowest BCUT2D eigenvalue weighted by atomic mass is 10.0. The molecule has 0 saturated carbocycles. The number of H-pyrrole nitrogens is 1. The number of benzene rings is 1. The molecular formula is C13H19N3. The molecule has 2 rings (SSSR count). The highest BCUT2D eigenvalue weighted by molar-refractivity contribution is 5.76. The number of fused-ring (bicyclic) bond motifs is 1. The number of aromatic amines is 1. The summed E-state index contributed by atoms with van der Waals surface area (Å²) in [5.41, 5.74) is 9.36. The molecule has 0 aliphatic rings. The number of aryl methyl sites for hydroxylation is 1. The van der Waals surface area contributed by atoms with E-state index in [0.29, 0.717) is 0 Å². The summed E-state index contributed by atoms with van der Waals surface area (Å²) < 4.78 is 0. The van der Waals surface area contributed by atoms with Crippen LogP contribution in [0.3, 0.4) is 0 Å². The molecule has 1 heterocycles. The van der Waals surface area contributed by atoms with Crippen LogP contribution in [-0.4, -0.2) is 16.0 Å². The van der Waals surface area contributed by atoms with Crippen LogP contribution in [0, 0.1) is 0 Å². The molecule has 0 spiro atoms. The van der Waals surface area contributed by atoms with Gasteiger partial charge in [-0.1, -0.05) is 19.9 Å². The number of hydrogen-bond acceptors (Lipinski definition) is 2. The number of hydrogen-bond donors (Lipinski definition) is 2. The zero-order valence-electron chi connectivity index (χ0n) is 10.1. The highest BCUT2D eigenvalue weighted by Crippen LogP contribution is 2.20. The second-order valence-corrected chi connectivity index (χ2v) is 4.47. The molecule has 0 aliphatic heterocycles. The first-order valence-corrected chi connectivity index (χ1v) is 5.86. The number of nitrogens with zero attached hydrogens (tertiary/aromatic N) is 1. The van der Waals surface area contributed by atoms with Gasteiger partial charge in [-0.2, -0.15) is 0 Å². The summed E-state index contributed by atoms with van der Waals surface area (Å²) in [7, 11) is 0. The molecule has 2 aromatic rings. The van der Waals surface area contributed by atoms with Crippen LogP contribution in [0.4, 0.5) is 0 Å². The Hall–Kier alpha value is -1.35. The average molecular weight is 217 g/mol. The van der Waals surface area contributed by atoms with Gasteiger partial charge in [-0.3, -0.25) is 0 Å². The molecule has 2 unspecified atom stereocenters. The number of aromatic nitrogens is 2. The van der Waals surface area contributed by atoms with Crippen molar-refractivity contribution in [2.45, 2.75) is 39.2 Å². The zero-order valence-corrected chi connectivity index (χ0v) is 10.1. The lowest BCUT2D eigenvalue weighted by molar-refractivity contribution is 0.588. The molecule has 86 valence electrons. The quantitative estimate of drug-likeness (QED) is 0.830. The summed E-state index contributed by atoms with van der Waals surface area (Å²) in [5.74, 6) is 1.25. The summed E-state index contributed by atoms with van der Waals surface area (Å²) in [6, 6.07) is 6.48. The Balaban J connectivity index is 2.43. The van der Waals surface area contributed by atoms with Gasteiger partial charge in [-0.15, -0.1) is 0 Å². The van der Waals surface area contributed by atoms with Gasteiger partial charge >= 0.3 is 0 Å². The van der Waals surface area contributed by atoms with Crippen LogP contribution < -0.4 is 5.73 Å². The van der Waals surface area contributed by atoms with Crippen molar-refractivity contribution in [2.75, 3.05) is 0 Å². The van der Waals surface area contributed by atoms with Crippen molar-refractivity contribution in [1.82, 2.24) is 9.97 Å². The van der Waals surface area contributed by atoms with Crippen molar-refractivity contribution in [2.24, 2.45) is 5.73 Å². The molecule has 3 nitrogen and oxygen atoms in total. The van der Waals surface area contributed by atoms with Gasteiger partial charge in [0.15, 0.2) is 0 Å². The highest BCUT2D eigenvalue weighted by Gasteiger charge is 2.14. The summed E-state index contributed by atoms with van der Waals surface area (Å²) in [6.07, 6.45) is 1.05. The fourth-order valence-electron chi connectivity index (χ4n) is 1.76. The summed E-state index contributed by atoms with van der Waals surface area (Å²) in [5, 5.41) is 0. The molecule has 0 radical (unpaired) electrons. The standard InChI is InChI=1S/C13H19N3/c1-4-10-5-6-11-12(7-10)16-13(15-11)8(2)9(3)14/h5-9H,4,14H2,1-3H3,(H,15,16). The van der Waals surface area contributed by atoms with Crippen LogP contribution in [0.1, 0.15) is 38.1 Å². The summed E-state index contributed by atoms with van der Waals surface area (Å²) in [4.78, 5) is 7.93. The zero-order chi connectivity index (χ0) is 11.7. The Kier molecular flexibility index (Phi) is 2.97. The number of rotatable bonds is 3. The molecule has 3 N–H and O–H groups in total. The first kappa shape index (κ1) is 11.1. The van der Waals surface area contributed by atoms with Crippen LogP contribution in [0.5, 0.6) is 0 Å². The Morgan fingerprint density at radius 1 is 1.38 bits per heavy atom. The minimum atomic E-state index is 0.117. The predicted octanol–water partition coefficient (Wildman–Crippen LogP) is 2.58. The number of nitrogens with two attached hydrogens (primary N) is 1. The maximum atomic E-state index is 5.89. The van der Waals surface area contributed by atoms with E-state index in [0.717, 1.165) is 23.3 Å². The third kappa shape index (κ3) is 1.95. The second-order valence-electron chi connectivity index (χ2n) is 4.47. The van der Waals surface area contributed by atoms with Gasteiger partial charge in [0.05, 0.1) is 11.0 Å². The van der Waals surface area contributed by atoms with Gasteiger partial charge in [0, 0.05) is 12.0 Å². The second kappa shape index (κ2) is 4.26. The molecular weight excluding hydrogens is 198 g/mol. The molecule has 16 heavy (non-hydrogen) atoms. The third-order valence-corrected chi connectivity index (χ3v) is 3.19. The van der Waals surface area contributed by atoms with E-state index in [4.69, 9.17) is 5.73 Å². The van der Waals surface area contributed by atoms with E-state index < -0.39 is 0 Å². The van der Waals surface area contributed by atoms with Gasteiger partial charge in [-0.25, -0.2) is 4.98 Å². The average Bonchev–Trinajstić information content (AvgIpc) is 2.69. The van der Waals surface area contributed by atoms with Crippen molar-refractivity contribution in [1.29, 1.82) is 0 Å². The monoisotopic (exact) mass is 217 g/mol. The summed E-state index contributed by atoms with van der Waals surface area (Å²) in [6.45, 7) is 6.27. The maximum Gasteiger partial charge on any atom is 0.111 e. The normalized spacial score (nSPS) is 15.2. The van der Waals surface area contributed by atoms with Gasteiger partial charge in [-0.05, 0) is 31.0 Å². The largest absolute Gasteiger partial charge is 0.342 e. The van der Waals surface area contributed by atoms with Crippen LogP contribution in [-0.2, 0) is 6.42 Å².